The van der Waals surface area contributed by atoms with Gasteiger partial charge in [0.25, 0.3) is 11.5 Å². The number of nitrogens with zero attached hydrogens (tertiary/aromatic N) is 3. The van der Waals surface area contributed by atoms with Gasteiger partial charge >= 0.3 is 0 Å². The molecule has 2 heterocycles. The summed E-state index contributed by atoms with van der Waals surface area (Å²) in [6, 6.07) is 8.97. The van der Waals surface area contributed by atoms with E-state index in [9.17, 15) is 9.59 Å². The molecule has 0 spiro atoms. The summed E-state index contributed by atoms with van der Waals surface area (Å²) in [6.45, 7) is 1.88. The number of hydrogen-bond acceptors (Lipinski definition) is 4. The van der Waals surface area contributed by atoms with Gasteiger partial charge in [0, 0.05) is 13.1 Å². The monoisotopic (exact) mass is 393 g/mol. The Hall–Kier alpha value is -2.47. The van der Waals surface area contributed by atoms with Crippen LogP contribution in [0.25, 0.3) is 10.2 Å². The highest BCUT2D eigenvalue weighted by Crippen LogP contribution is 2.42. The van der Waals surface area contributed by atoms with Gasteiger partial charge in [-0.2, -0.15) is 0 Å². The van der Waals surface area contributed by atoms with E-state index >= 15 is 0 Å². The van der Waals surface area contributed by atoms with Crippen LogP contribution in [0.15, 0.2) is 35.4 Å². The molecule has 1 saturated carbocycles. The fraction of sp³-hybridized carbons (Fsp3) is 0.409. The van der Waals surface area contributed by atoms with Crippen molar-refractivity contribution in [1.29, 1.82) is 0 Å². The Balaban J connectivity index is 1.60. The van der Waals surface area contributed by atoms with E-state index in [0.29, 0.717) is 21.1 Å². The maximum Gasteiger partial charge on any atom is 0.265 e. The highest BCUT2D eigenvalue weighted by Gasteiger charge is 2.41. The van der Waals surface area contributed by atoms with Crippen molar-refractivity contribution in [3.05, 3.63) is 62.5 Å². The van der Waals surface area contributed by atoms with Crippen LogP contribution in [0.3, 0.4) is 0 Å². The van der Waals surface area contributed by atoms with E-state index in [4.69, 9.17) is 0 Å². The molecule has 1 amide bonds. The van der Waals surface area contributed by atoms with Crippen LogP contribution in [0.5, 0.6) is 0 Å². The van der Waals surface area contributed by atoms with Gasteiger partial charge in [0.15, 0.2) is 0 Å². The summed E-state index contributed by atoms with van der Waals surface area (Å²) >= 11 is 1.36. The summed E-state index contributed by atoms with van der Waals surface area (Å²) in [4.78, 5) is 34.1. The lowest BCUT2D eigenvalue weighted by molar-refractivity contribution is 0.0642. The molecule has 0 saturated heterocycles. The highest BCUT2D eigenvalue weighted by atomic mass is 32.1. The van der Waals surface area contributed by atoms with E-state index in [1.807, 2.05) is 6.92 Å². The molecule has 2 aliphatic rings. The predicted molar refractivity (Wildman–Crippen MR) is 111 cm³/mol. The number of aryl methyl sites for hydroxylation is 3. The Morgan fingerprint density at radius 2 is 2.04 bits per heavy atom. The average Bonchev–Trinajstić information content (AvgIpc) is 3.48. The van der Waals surface area contributed by atoms with Crippen LogP contribution in [0.4, 0.5) is 0 Å². The molecule has 2 aliphatic carbocycles. The Bertz CT molecular complexity index is 1140. The van der Waals surface area contributed by atoms with Gasteiger partial charge in [-0.05, 0) is 55.7 Å². The number of benzene rings is 1. The van der Waals surface area contributed by atoms with E-state index in [1.165, 1.54) is 33.4 Å². The molecule has 0 aliphatic heterocycles. The summed E-state index contributed by atoms with van der Waals surface area (Å²) in [7, 11) is 1.70. The maximum absolute atomic E-state index is 13.7. The number of fused-ring (bicyclic) bond motifs is 2. The Morgan fingerprint density at radius 1 is 1.25 bits per heavy atom. The van der Waals surface area contributed by atoms with Crippen LogP contribution in [-0.2, 0) is 13.5 Å². The quantitative estimate of drug-likeness (QED) is 0.676. The molecule has 1 aromatic carbocycles. The standard InChI is InChI=1S/C22H23N3O2S/c1-13-18-20(23-12-24(2)21(18)26)28-19(13)22(27)25(15-10-11-15)17-9-5-7-14-6-3-4-8-16(14)17/h3-4,6,8,12,15,17H,5,7,9-11H2,1-2H3. The SMILES string of the molecule is Cc1c(C(=O)N(C2CC2)C2CCCc3ccccc32)sc2ncn(C)c(=O)c12. The molecular weight excluding hydrogens is 370 g/mol. The number of thiophene rings is 1. The second-order valence-electron chi connectivity index (χ2n) is 7.95. The molecule has 1 atom stereocenters. The van der Waals surface area contributed by atoms with Gasteiger partial charge in [-0.15, -0.1) is 11.3 Å². The van der Waals surface area contributed by atoms with Gasteiger partial charge in [-0.25, -0.2) is 4.98 Å². The van der Waals surface area contributed by atoms with Crippen molar-refractivity contribution in [1.82, 2.24) is 14.5 Å². The maximum atomic E-state index is 13.7. The Labute approximate surface area is 167 Å². The zero-order chi connectivity index (χ0) is 19.4. The number of hydrogen-bond donors (Lipinski definition) is 0. The van der Waals surface area contributed by atoms with E-state index in [2.05, 4.69) is 34.1 Å². The van der Waals surface area contributed by atoms with Crippen molar-refractivity contribution in [3.63, 3.8) is 0 Å². The number of carbonyl (C=O) groups excluding carboxylic acids is 1. The minimum Gasteiger partial charge on any atom is -0.328 e. The van der Waals surface area contributed by atoms with Gasteiger partial charge in [0.2, 0.25) is 0 Å². The van der Waals surface area contributed by atoms with Crippen LogP contribution in [0, 0.1) is 6.92 Å². The van der Waals surface area contributed by atoms with Crippen LogP contribution < -0.4 is 5.56 Å². The van der Waals surface area contributed by atoms with E-state index in [0.717, 1.165) is 37.7 Å². The zero-order valence-electron chi connectivity index (χ0n) is 16.1. The van der Waals surface area contributed by atoms with Gasteiger partial charge in [0.05, 0.1) is 22.6 Å². The molecule has 0 N–H and O–H groups in total. The molecular formula is C22H23N3O2S. The lowest BCUT2D eigenvalue weighted by atomic mass is 9.86. The lowest BCUT2D eigenvalue weighted by Crippen LogP contribution is -2.38. The third-order valence-electron chi connectivity index (χ3n) is 6.05. The second kappa shape index (κ2) is 6.55. The molecule has 144 valence electrons. The third kappa shape index (κ3) is 2.70. The fourth-order valence-corrected chi connectivity index (χ4v) is 5.55. The van der Waals surface area contributed by atoms with Crippen molar-refractivity contribution >= 4 is 27.5 Å². The summed E-state index contributed by atoms with van der Waals surface area (Å²) in [5.41, 5.74) is 3.34. The van der Waals surface area contributed by atoms with Gasteiger partial charge in [-0.1, -0.05) is 24.3 Å². The second-order valence-corrected chi connectivity index (χ2v) is 8.95. The molecule has 5 rings (SSSR count). The molecule has 2 aromatic heterocycles. The van der Waals surface area contributed by atoms with Crippen molar-refractivity contribution in [2.45, 2.75) is 51.1 Å². The largest absolute Gasteiger partial charge is 0.328 e. The minimum atomic E-state index is -0.0845. The molecule has 0 bridgehead atoms. The van der Waals surface area contributed by atoms with Gasteiger partial charge in [-0.3, -0.25) is 9.59 Å². The van der Waals surface area contributed by atoms with Crippen LogP contribution in [0.2, 0.25) is 0 Å². The van der Waals surface area contributed by atoms with E-state index < -0.39 is 0 Å². The van der Waals surface area contributed by atoms with E-state index in [-0.39, 0.29) is 17.5 Å². The minimum absolute atomic E-state index is 0.0618. The number of carbonyl (C=O) groups is 1. The summed E-state index contributed by atoms with van der Waals surface area (Å²) < 4.78 is 1.48. The Kier molecular flexibility index (Phi) is 4.12. The number of aromatic nitrogens is 2. The number of rotatable bonds is 3. The first-order valence-electron chi connectivity index (χ1n) is 9.91. The van der Waals surface area contributed by atoms with Crippen LogP contribution >= 0.6 is 11.3 Å². The number of amides is 1. The van der Waals surface area contributed by atoms with Crippen molar-refractivity contribution in [3.8, 4) is 0 Å². The van der Waals surface area contributed by atoms with Crippen molar-refractivity contribution < 1.29 is 4.79 Å². The van der Waals surface area contributed by atoms with Crippen LogP contribution in [0.1, 0.15) is 58.1 Å². The van der Waals surface area contributed by atoms with Crippen molar-refractivity contribution in [2.24, 2.45) is 7.05 Å². The lowest BCUT2D eigenvalue weighted by Gasteiger charge is -2.36. The first kappa shape index (κ1) is 17.6. The summed E-state index contributed by atoms with van der Waals surface area (Å²) in [5, 5.41) is 0.582. The molecule has 5 nitrogen and oxygen atoms in total. The molecule has 1 fully saturated rings. The zero-order valence-corrected chi connectivity index (χ0v) is 17.0. The smallest absolute Gasteiger partial charge is 0.265 e. The van der Waals surface area contributed by atoms with Gasteiger partial charge in [0.1, 0.15) is 4.83 Å². The third-order valence-corrected chi connectivity index (χ3v) is 7.24. The first-order chi connectivity index (χ1) is 13.6. The first-order valence-corrected chi connectivity index (χ1v) is 10.7. The Morgan fingerprint density at radius 3 is 2.82 bits per heavy atom. The van der Waals surface area contributed by atoms with Crippen LogP contribution in [-0.4, -0.2) is 26.4 Å². The molecule has 0 radical (unpaired) electrons. The topological polar surface area (TPSA) is 55.2 Å². The molecule has 3 aromatic rings. The van der Waals surface area contributed by atoms with E-state index in [1.54, 1.807) is 7.05 Å². The fourth-order valence-electron chi connectivity index (χ4n) is 4.46. The van der Waals surface area contributed by atoms with Gasteiger partial charge < -0.3 is 9.47 Å². The summed E-state index contributed by atoms with van der Waals surface area (Å²) in [5.74, 6) is 0.0618. The molecule has 1 unspecified atom stereocenters. The average molecular weight is 394 g/mol. The normalized spacial score (nSPS) is 18.9. The molecule has 6 heteroatoms. The highest BCUT2D eigenvalue weighted by molar-refractivity contribution is 7.20. The summed E-state index contributed by atoms with van der Waals surface area (Å²) in [6.07, 6.45) is 6.85. The predicted octanol–water partition coefficient (Wildman–Crippen LogP) is 3.99. The van der Waals surface area contributed by atoms with Crippen molar-refractivity contribution in [2.75, 3.05) is 0 Å². The molecule has 28 heavy (non-hydrogen) atoms.